The van der Waals surface area contributed by atoms with Gasteiger partial charge in [-0.05, 0) is 77.7 Å². The first kappa shape index (κ1) is 34.5. The number of fused-ring (bicyclic) bond motifs is 1. The third-order valence-corrected chi connectivity index (χ3v) is 8.59. The van der Waals surface area contributed by atoms with Gasteiger partial charge in [0.25, 0.3) is 26.1 Å². The van der Waals surface area contributed by atoms with Crippen LogP contribution in [0.3, 0.4) is 0 Å². The number of aromatic hydroxyl groups is 2. The predicted octanol–water partition coefficient (Wildman–Crippen LogP) is 4.75. The van der Waals surface area contributed by atoms with Crippen LogP contribution in [-0.2, 0) is 29.6 Å². The van der Waals surface area contributed by atoms with Crippen LogP contribution in [0.5, 0.6) is 11.5 Å². The molecule has 22 heteroatoms. The predicted molar refractivity (Wildman–Crippen MR) is 170 cm³/mol. The monoisotopic (exact) mass is 738 g/mol. The van der Waals surface area contributed by atoms with Crippen molar-refractivity contribution >= 4 is 89.5 Å². The molecule has 0 aliphatic rings. The smallest absolute Gasteiger partial charge is 0.294 e. The standard InChI is InChI=1S/C26H19ClN6O12S3/c27-24-31-25(33-26(32-24)30-18-10-16(47(38,39)40)4-5-20(18)34)28-14-3-1-2-12(6-14)23(36)29-19-11-17(48(41,42)43)8-13-7-15(46-45-44-37)9-21(35)22(13)19/h1-11,34-35,37H,(H,29,36)(H,38,39,40)(H,41,42,43)(H2,28,30,31,32,33). The Morgan fingerprint density at radius 3 is 2.17 bits per heavy atom. The van der Waals surface area contributed by atoms with Gasteiger partial charge in [-0.25, -0.2) is 5.26 Å². The molecular weight excluding hydrogens is 720 g/mol. The fourth-order valence-corrected chi connectivity index (χ4v) is 5.86. The molecule has 1 amide bonds. The Hall–Kier alpha value is -4.84. The van der Waals surface area contributed by atoms with E-state index in [4.69, 9.17) is 16.9 Å². The Bertz CT molecular complexity index is 2300. The van der Waals surface area contributed by atoms with E-state index in [0.29, 0.717) is 12.0 Å². The van der Waals surface area contributed by atoms with Crippen molar-refractivity contribution in [3.63, 3.8) is 0 Å². The Morgan fingerprint density at radius 2 is 1.48 bits per heavy atom. The number of aromatic nitrogens is 3. The van der Waals surface area contributed by atoms with Gasteiger partial charge in [0, 0.05) is 21.5 Å². The summed E-state index contributed by atoms with van der Waals surface area (Å²) in [5, 5.41) is 40.4. The summed E-state index contributed by atoms with van der Waals surface area (Å²) >= 11 is 6.51. The van der Waals surface area contributed by atoms with Gasteiger partial charge in [-0.15, -0.1) is 4.33 Å². The number of phenolic OH excluding ortho intramolecular Hbond substituents is 2. The van der Waals surface area contributed by atoms with E-state index in [1.165, 1.54) is 36.4 Å². The number of amides is 1. The molecule has 4 aromatic carbocycles. The SMILES string of the molecule is O=C(Nc1cc(S(=O)(=O)O)cc2cc(SOOO)cc(O)c12)c1cccc(Nc2nc(Cl)nc(Nc3cc(S(=O)(=O)O)ccc3O)n2)c1. The maximum absolute atomic E-state index is 13.3. The topological polar surface area (TPSA) is 280 Å². The van der Waals surface area contributed by atoms with Crippen LogP contribution in [0.15, 0.2) is 81.4 Å². The molecule has 0 spiro atoms. The quantitative estimate of drug-likeness (QED) is 0.0298. The molecule has 0 bridgehead atoms. The molecule has 8 N–H and O–H groups in total. The number of hydrogen-bond donors (Lipinski definition) is 8. The van der Waals surface area contributed by atoms with Crippen molar-refractivity contribution in [2.45, 2.75) is 14.7 Å². The van der Waals surface area contributed by atoms with Crippen LogP contribution in [0.25, 0.3) is 10.8 Å². The maximum Gasteiger partial charge on any atom is 0.294 e. The van der Waals surface area contributed by atoms with Gasteiger partial charge in [0.05, 0.1) is 33.2 Å². The summed E-state index contributed by atoms with van der Waals surface area (Å²) in [6, 6.07) is 13.2. The van der Waals surface area contributed by atoms with Crippen molar-refractivity contribution in [2.24, 2.45) is 0 Å². The molecular formula is C26H19ClN6O12S3. The highest BCUT2D eigenvalue weighted by Crippen LogP contribution is 2.38. The van der Waals surface area contributed by atoms with E-state index >= 15 is 0 Å². The van der Waals surface area contributed by atoms with Gasteiger partial charge in [0.1, 0.15) is 11.5 Å². The second-order valence-electron chi connectivity index (χ2n) is 9.40. The van der Waals surface area contributed by atoms with Crippen molar-refractivity contribution < 1.29 is 55.6 Å². The lowest BCUT2D eigenvalue weighted by molar-refractivity contribution is -0.432. The summed E-state index contributed by atoms with van der Waals surface area (Å²) < 4.78 is 70.3. The molecule has 0 radical (unpaired) electrons. The van der Waals surface area contributed by atoms with Crippen LogP contribution >= 0.6 is 23.6 Å². The second-order valence-corrected chi connectivity index (χ2v) is 13.4. The molecule has 0 saturated carbocycles. The average molecular weight is 739 g/mol. The number of carbonyl (C=O) groups is 1. The molecule has 5 rings (SSSR count). The Balaban J connectivity index is 1.42. The summed E-state index contributed by atoms with van der Waals surface area (Å²) in [5.41, 5.74) is -0.0930. The van der Waals surface area contributed by atoms with Gasteiger partial charge in [0.2, 0.25) is 17.2 Å². The first-order chi connectivity index (χ1) is 22.6. The minimum absolute atomic E-state index is 0.00677. The minimum Gasteiger partial charge on any atom is -0.507 e. The summed E-state index contributed by atoms with van der Waals surface area (Å²) in [7, 11) is -9.36. The van der Waals surface area contributed by atoms with Gasteiger partial charge in [-0.1, -0.05) is 11.1 Å². The molecule has 0 saturated heterocycles. The lowest BCUT2D eigenvalue weighted by Gasteiger charge is -2.14. The van der Waals surface area contributed by atoms with E-state index in [1.54, 1.807) is 0 Å². The molecule has 1 heterocycles. The first-order valence-corrected chi connectivity index (χ1v) is 16.7. The van der Waals surface area contributed by atoms with Crippen molar-refractivity contribution in [1.82, 2.24) is 15.0 Å². The summed E-state index contributed by atoms with van der Waals surface area (Å²) in [4.78, 5) is 24.3. The normalized spacial score (nSPS) is 11.8. The molecule has 18 nitrogen and oxygen atoms in total. The molecule has 48 heavy (non-hydrogen) atoms. The van der Waals surface area contributed by atoms with Crippen LogP contribution in [0.2, 0.25) is 5.28 Å². The molecule has 0 atom stereocenters. The molecule has 0 unspecified atom stereocenters. The number of hydrogen-bond acceptors (Lipinski definition) is 16. The van der Waals surface area contributed by atoms with E-state index in [-0.39, 0.29) is 55.5 Å². The number of anilines is 5. The Morgan fingerprint density at radius 1 is 0.792 bits per heavy atom. The van der Waals surface area contributed by atoms with E-state index in [0.717, 1.165) is 30.3 Å². The molecule has 1 aromatic heterocycles. The zero-order valence-electron chi connectivity index (χ0n) is 23.4. The van der Waals surface area contributed by atoms with Crippen LogP contribution in [0, 0.1) is 0 Å². The van der Waals surface area contributed by atoms with Gasteiger partial charge in [0.15, 0.2) is 0 Å². The van der Waals surface area contributed by atoms with Gasteiger partial charge >= 0.3 is 0 Å². The largest absolute Gasteiger partial charge is 0.507 e. The molecule has 0 aliphatic carbocycles. The molecule has 250 valence electrons. The third kappa shape index (κ3) is 8.17. The Labute approximate surface area is 278 Å². The van der Waals surface area contributed by atoms with E-state index < -0.39 is 47.4 Å². The number of halogens is 1. The van der Waals surface area contributed by atoms with Crippen LogP contribution < -0.4 is 16.0 Å². The lowest BCUT2D eigenvalue weighted by Crippen LogP contribution is -2.13. The van der Waals surface area contributed by atoms with Gasteiger partial charge in [-0.2, -0.15) is 31.8 Å². The first-order valence-electron chi connectivity index (χ1n) is 12.7. The van der Waals surface area contributed by atoms with Gasteiger partial charge in [-0.3, -0.25) is 13.9 Å². The van der Waals surface area contributed by atoms with Gasteiger partial charge < -0.3 is 26.2 Å². The van der Waals surface area contributed by atoms with E-state index in [9.17, 15) is 40.9 Å². The number of phenols is 2. The number of rotatable bonds is 11. The van der Waals surface area contributed by atoms with Crippen molar-refractivity contribution in [3.05, 3.63) is 77.6 Å². The minimum atomic E-state index is -4.77. The zero-order chi connectivity index (χ0) is 34.8. The second kappa shape index (κ2) is 13.7. The number of nitrogens with zero attached hydrogens (tertiary/aromatic N) is 3. The van der Waals surface area contributed by atoms with Crippen molar-refractivity contribution in [1.29, 1.82) is 0 Å². The summed E-state index contributed by atoms with van der Waals surface area (Å²) in [6.45, 7) is 0. The third-order valence-electron chi connectivity index (χ3n) is 6.18. The van der Waals surface area contributed by atoms with E-state index in [2.05, 4.69) is 40.3 Å². The van der Waals surface area contributed by atoms with Crippen LogP contribution in [0.4, 0.5) is 29.0 Å². The molecule has 0 aliphatic heterocycles. The van der Waals surface area contributed by atoms with E-state index in [1.807, 2.05) is 0 Å². The van der Waals surface area contributed by atoms with Crippen molar-refractivity contribution in [3.8, 4) is 11.5 Å². The lowest BCUT2D eigenvalue weighted by atomic mass is 10.1. The van der Waals surface area contributed by atoms with Crippen molar-refractivity contribution in [2.75, 3.05) is 16.0 Å². The summed E-state index contributed by atoms with van der Waals surface area (Å²) in [5.74, 6) is -1.98. The Kier molecular flexibility index (Phi) is 9.86. The van der Waals surface area contributed by atoms with Crippen LogP contribution in [0.1, 0.15) is 10.4 Å². The summed E-state index contributed by atoms with van der Waals surface area (Å²) in [6.07, 6.45) is 0. The fraction of sp³-hybridized carbons (Fsp3) is 0. The number of carbonyl (C=O) groups excluding carboxylic acids is 1. The molecule has 5 aromatic rings. The maximum atomic E-state index is 13.3. The number of benzene rings is 4. The zero-order valence-corrected chi connectivity index (χ0v) is 26.6. The van der Waals surface area contributed by atoms with Crippen LogP contribution in [-0.4, -0.2) is 62.3 Å². The molecule has 0 fully saturated rings. The average Bonchev–Trinajstić information content (AvgIpc) is 2.99. The number of nitrogens with one attached hydrogen (secondary N) is 3. The fourth-order valence-electron chi connectivity index (χ4n) is 4.21. The highest BCUT2D eigenvalue weighted by Gasteiger charge is 2.20. The highest BCUT2D eigenvalue weighted by atomic mass is 35.5. The highest BCUT2D eigenvalue weighted by molar-refractivity contribution is 7.94.